The molecule has 3 heterocycles. The van der Waals surface area contributed by atoms with E-state index < -0.39 is 6.10 Å². The van der Waals surface area contributed by atoms with Gasteiger partial charge < -0.3 is 9.67 Å². The number of aliphatic hydroxyl groups is 1. The molecule has 0 aromatic carbocycles. The standard InChI is InChI=1S/C14H17FN4O/c15-11-1-2-12(17-9-11)13(20)3-5-18-7-8-19-6-4-16-14(19)10-18/h1-2,4,6,9,13,20H,3,5,7-8,10H2. The molecule has 1 N–H and O–H groups in total. The molecule has 0 saturated carbocycles. The summed E-state index contributed by atoms with van der Waals surface area (Å²) in [6.45, 7) is 3.46. The second kappa shape index (κ2) is 5.68. The van der Waals surface area contributed by atoms with E-state index in [0.29, 0.717) is 12.1 Å². The summed E-state index contributed by atoms with van der Waals surface area (Å²) in [6, 6.07) is 2.85. The summed E-state index contributed by atoms with van der Waals surface area (Å²) in [7, 11) is 0. The third kappa shape index (κ3) is 2.86. The van der Waals surface area contributed by atoms with E-state index in [0.717, 1.165) is 38.2 Å². The minimum absolute atomic E-state index is 0.385. The van der Waals surface area contributed by atoms with Gasteiger partial charge in [0.2, 0.25) is 0 Å². The quantitative estimate of drug-likeness (QED) is 0.916. The summed E-state index contributed by atoms with van der Waals surface area (Å²) in [5.41, 5.74) is 0.518. The van der Waals surface area contributed by atoms with Gasteiger partial charge in [0.05, 0.1) is 24.5 Å². The van der Waals surface area contributed by atoms with Crippen molar-refractivity contribution in [1.29, 1.82) is 0 Å². The fourth-order valence-electron chi connectivity index (χ4n) is 2.45. The van der Waals surface area contributed by atoms with Gasteiger partial charge in [-0.15, -0.1) is 0 Å². The largest absolute Gasteiger partial charge is 0.387 e. The van der Waals surface area contributed by atoms with Crippen molar-refractivity contribution in [2.75, 3.05) is 13.1 Å². The molecule has 1 aliphatic heterocycles. The Morgan fingerprint density at radius 3 is 3.00 bits per heavy atom. The molecule has 0 bridgehead atoms. The highest BCUT2D eigenvalue weighted by atomic mass is 19.1. The van der Waals surface area contributed by atoms with Crippen molar-refractivity contribution in [3.05, 3.63) is 48.1 Å². The van der Waals surface area contributed by atoms with E-state index in [-0.39, 0.29) is 5.82 Å². The van der Waals surface area contributed by atoms with E-state index in [9.17, 15) is 9.50 Å². The van der Waals surface area contributed by atoms with Crippen molar-refractivity contribution in [3.63, 3.8) is 0 Å². The first-order chi connectivity index (χ1) is 9.72. The van der Waals surface area contributed by atoms with E-state index in [1.165, 1.54) is 12.1 Å². The van der Waals surface area contributed by atoms with Gasteiger partial charge in [-0.05, 0) is 18.6 Å². The third-order valence-corrected chi connectivity index (χ3v) is 3.63. The van der Waals surface area contributed by atoms with Crippen LogP contribution in [0.5, 0.6) is 0 Å². The first-order valence-electron chi connectivity index (χ1n) is 6.74. The second-order valence-electron chi connectivity index (χ2n) is 5.02. The van der Waals surface area contributed by atoms with Crippen LogP contribution >= 0.6 is 0 Å². The lowest BCUT2D eigenvalue weighted by atomic mass is 10.1. The molecular weight excluding hydrogens is 259 g/mol. The van der Waals surface area contributed by atoms with Gasteiger partial charge >= 0.3 is 0 Å². The van der Waals surface area contributed by atoms with Gasteiger partial charge in [-0.1, -0.05) is 0 Å². The highest BCUT2D eigenvalue weighted by Gasteiger charge is 2.18. The Hall–Kier alpha value is -1.79. The van der Waals surface area contributed by atoms with Gasteiger partial charge in [0.1, 0.15) is 11.6 Å². The number of rotatable bonds is 4. The van der Waals surface area contributed by atoms with Gasteiger partial charge in [-0.3, -0.25) is 9.88 Å². The van der Waals surface area contributed by atoms with Gasteiger partial charge in [-0.2, -0.15) is 0 Å². The van der Waals surface area contributed by atoms with Crippen LogP contribution in [0.15, 0.2) is 30.7 Å². The van der Waals surface area contributed by atoms with Crippen molar-refractivity contribution < 1.29 is 9.50 Å². The molecule has 1 atom stereocenters. The predicted molar refractivity (Wildman–Crippen MR) is 71.3 cm³/mol. The van der Waals surface area contributed by atoms with Crippen molar-refractivity contribution in [3.8, 4) is 0 Å². The number of hydrogen-bond acceptors (Lipinski definition) is 4. The number of aliphatic hydroxyl groups excluding tert-OH is 1. The Bertz CT molecular complexity index is 569. The van der Waals surface area contributed by atoms with Gasteiger partial charge in [0.25, 0.3) is 0 Å². The third-order valence-electron chi connectivity index (χ3n) is 3.63. The minimum atomic E-state index is -0.655. The molecule has 6 heteroatoms. The lowest BCUT2D eigenvalue weighted by molar-refractivity contribution is 0.127. The molecule has 0 aliphatic carbocycles. The normalized spacial score (nSPS) is 16.9. The molecule has 5 nitrogen and oxygen atoms in total. The summed E-state index contributed by atoms with van der Waals surface area (Å²) in [6.07, 6.45) is 4.87. The molecule has 2 aromatic heterocycles. The first kappa shape index (κ1) is 13.2. The molecule has 1 aliphatic rings. The summed E-state index contributed by atoms with van der Waals surface area (Å²) in [5.74, 6) is 0.675. The van der Waals surface area contributed by atoms with Crippen LogP contribution in [0.2, 0.25) is 0 Å². The molecule has 106 valence electrons. The predicted octanol–water partition coefficient (Wildman–Crippen LogP) is 1.36. The van der Waals surface area contributed by atoms with Gasteiger partial charge in [0.15, 0.2) is 0 Å². The lowest BCUT2D eigenvalue weighted by Gasteiger charge is -2.28. The molecule has 1 unspecified atom stereocenters. The highest BCUT2D eigenvalue weighted by molar-refractivity contribution is 5.08. The van der Waals surface area contributed by atoms with Crippen LogP contribution in [0, 0.1) is 5.82 Å². The van der Waals surface area contributed by atoms with E-state index in [1.807, 2.05) is 12.4 Å². The second-order valence-corrected chi connectivity index (χ2v) is 5.02. The fraction of sp³-hybridized carbons (Fsp3) is 0.429. The summed E-state index contributed by atoms with van der Waals surface area (Å²) < 4.78 is 14.9. The average molecular weight is 276 g/mol. The smallest absolute Gasteiger partial charge is 0.141 e. The number of aromatic nitrogens is 3. The zero-order valence-corrected chi connectivity index (χ0v) is 11.1. The van der Waals surface area contributed by atoms with Crippen molar-refractivity contribution >= 4 is 0 Å². The molecule has 2 aromatic rings. The number of fused-ring (bicyclic) bond motifs is 1. The Labute approximate surface area is 116 Å². The Kier molecular flexibility index (Phi) is 3.75. The van der Waals surface area contributed by atoms with Gasteiger partial charge in [0, 0.05) is 32.0 Å². The van der Waals surface area contributed by atoms with Crippen molar-refractivity contribution in [2.45, 2.75) is 25.6 Å². The zero-order chi connectivity index (χ0) is 13.9. The minimum Gasteiger partial charge on any atom is -0.387 e. The van der Waals surface area contributed by atoms with E-state index in [2.05, 4.69) is 19.4 Å². The van der Waals surface area contributed by atoms with Crippen LogP contribution in [0.4, 0.5) is 4.39 Å². The number of hydrogen-bond donors (Lipinski definition) is 1. The van der Waals surface area contributed by atoms with Crippen molar-refractivity contribution in [1.82, 2.24) is 19.4 Å². The topological polar surface area (TPSA) is 54.2 Å². The Morgan fingerprint density at radius 1 is 1.30 bits per heavy atom. The number of nitrogens with zero attached hydrogens (tertiary/aromatic N) is 4. The van der Waals surface area contributed by atoms with Crippen LogP contribution in [-0.2, 0) is 13.1 Å². The Balaban J connectivity index is 1.54. The van der Waals surface area contributed by atoms with E-state index in [1.54, 1.807) is 0 Å². The van der Waals surface area contributed by atoms with Crippen LogP contribution in [-0.4, -0.2) is 37.6 Å². The maximum Gasteiger partial charge on any atom is 0.141 e. The van der Waals surface area contributed by atoms with E-state index >= 15 is 0 Å². The van der Waals surface area contributed by atoms with Crippen LogP contribution in [0.25, 0.3) is 0 Å². The SMILES string of the molecule is OC(CCN1CCn2ccnc2C1)c1ccc(F)cn1. The molecular formula is C14H17FN4O. The molecule has 0 radical (unpaired) electrons. The molecule has 0 amide bonds. The Morgan fingerprint density at radius 2 is 2.20 bits per heavy atom. The highest BCUT2D eigenvalue weighted by Crippen LogP contribution is 2.17. The first-order valence-corrected chi connectivity index (χ1v) is 6.74. The monoisotopic (exact) mass is 276 g/mol. The fourth-order valence-corrected chi connectivity index (χ4v) is 2.45. The maximum atomic E-state index is 12.8. The van der Waals surface area contributed by atoms with Crippen LogP contribution in [0.1, 0.15) is 24.0 Å². The van der Waals surface area contributed by atoms with E-state index in [4.69, 9.17) is 0 Å². The maximum absolute atomic E-state index is 12.8. The van der Waals surface area contributed by atoms with Crippen LogP contribution < -0.4 is 0 Å². The zero-order valence-electron chi connectivity index (χ0n) is 11.1. The molecule has 0 saturated heterocycles. The average Bonchev–Trinajstić information content (AvgIpc) is 2.93. The number of imidazole rings is 1. The molecule has 20 heavy (non-hydrogen) atoms. The summed E-state index contributed by atoms with van der Waals surface area (Å²) in [4.78, 5) is 10.5. The molecule has 3 rings (SSSR count). The van der Waals surface area contributed by atoms with Crippen LogP contribution in [0.3, 0.4) is 0 Å². The lowest BCUT2D eigenvalue weighted by Crippen LogP contribution is -2.34. The summed E-state index contributed by atoms with van der Waals surface area (Å²) >= 11 is 0. The number of pyridine rings is 1. The van der Waals surface area contributed by atoms with Gasteiger partial charge in [-0.25, -0.2) is 9.37 Å². The summed E-state index contributed by atoms with van der Waals surface area (Å²) in [5, 5.41) is 10.1. The molecule has 0 fully saturated rings. The number of halogens is 1. The van der Waals surface area contributed by atoms with Crippen molar-refractivity contribution in [2.24, 2.45) is 0 Å². The molecule has 0 spiro atoms.